The van der Waals surface area contributed by atoms with Gasteiger partial charge in [0.2, 0.25) is 0 Å². The normalized spacial score (nSPS) is 12.6. The van der Waals surface area contributed by atoms with Gasteiger partial charge in [0.25, 0.3) is 0 Å². The van der Waals surface area contributed by atoms with Crippen LogP contribution in [0, 0.1) is 27.7 Å². The first-order chi connectivity index (χ1) is 14.2. The number of rotatable bonds is 5. The predicted octanol–water partition coefficient (Wildman–Crippen LogP) is 7.50. The monoisotopic (exact) mass is 482 g/mol. The van der Waals surface area contributed by atoms with Gasteiger partial charge in [0, 0.05) is 37.5 Å². The molecule has 4 rings (SSSR count). The lowest BCUT2D eigenvalue weighted by molar-refractivity contribution is 0.101. The number of aryl methyl sites for hydroxylation is 2. The molecule has 3 aromatic heterocycles. The van der Waals surface area contributed by atoms with Crippen LogP contribution in [0.1, 0.15) is 75.2 Å². The largest absolute Gasteiger partial charge is 0.361 e. The summed E-state index contributed by atoms with van der Waals surface area (Å²) < 4.78 is 2.34. The number of thiophene rings is 1. The van der Waals surface area contributed by atoms with E-state index in [4.69, 9.17) is 0 Å². The Morgan fingerprint density at radius 3 is 2.33 bits per heavy atom. The topological polar surface area (TPSA) is 48.6 Å². The average Bonchev–Trinajstić information content (AvgIpc) is 3.30. The number of hydrogen-bond donors (Lipinski definition) is 2. The van der Waals surface area contributed by atoms with E-state index in [1.807, 2.05) is 6.92 Å². The number of aromatic amines is 2. The van der Waals surface area contributed by atoms with E-state index in [1.54, 1.807) is 18.3 Å². The summed E-state index contributed by atoms with van der Waals surface area (Å²) in [5.41, 5.74) is 10.3. The van der Waals surface area contributed by atoms with Gasteiger partial charge in [-0.1, -0.05) is 22.9 Å². The van der Waals surface area contributed by atoms with Gasteiger partial charge in [-0.15, -0.1) is 11.3 Å². The maximum absolute atomic E-state index is 12.3. The lowest BCUT2D eigenvalue weighted by Gasteiger charge is -2.18. The number of halogens is 1. The Kier molecular flexibility index (Phi) is 5.54. The van der Waals surface area contributed by atoms with Crippen LogP contribution in [-0.2, 0) is 6.42 Å². The molecule has 0 amide bonds. The van der Waals surface area contributed by atoms with Crippen molar-refractivity contribution in [1.29, 1.82) is 0 Å². The van der Waals surface area contributed by atoms with E-state index in [1.165, 1.54) is 38.2 Å². The fourth-order valence-corrected chi connectivity index (χ4v) is 6.25. The molecule has 3 nitrogen and oxygen atoms in total. The summed E-state index contributed by atoms with van der Waals surface area (Å²) in [7, 11) is 0. The van der Waals surface area contributed by atoms with E-state index in [2.05, 4.69) is 77.2 Å². The molecule has 0 radical (unpaired) electrons. The van der Waals surface area contributed by atoms with E-state index >= 15 is 0 Å². The number of carbonyl (C=O) groups excluding carboxylic acids is 1. The van der Waals surface area contributed by atoms with E-state index in [9.17, 15) is 4.79 Å². The molecule has 1 atom stereocenters. The molecule has 156 valence electrons. The highest BCUT2D eigenvalue weighted by molar-refractivity contribution is 9.10. The first-order valence-corrected chi connectivity index (χ1v) is 12.0. The zero-order valence-corrected chi connectivity index (χ0v) is 20.7. The van der Waals surface area contributed by atoms with Crippen LogP contribution in [0.4, 0.5) is 0 Å². The van der Waals surface area contributed by atoms with Crippen molar-refractivity contribution >= 4 is 43.1 Å². The molecule has 3 heterocycles. The van der Waals surface area contributed by atoms with Crippen molar-refractivity contribution in [2.24, 2.45) is 0 Å². The number of aromatic nitrogens is 2. The molecule has 5 heteroatoms. The van der Waals surface area contributed by atoms with E-state index in [0.717, 1.165) is 33.4 Å². The molecule has 0 aliphatic heterocycles. The number of fused-ring (bicyclic) bond motifs is 1. The molecule has 2 N–H and O–H groups in total. The van der Waals surface area contributed by atoms with Gasteiger partial charge < -0.3 is 9.97 Å². The molecule has 0 bridgehead atoms. The quantitative estimate of drug-likeness (QED) is 0.284. The second kappa shape index (κ2) is 7.86. The maximum Gasteiger partial charge on any atom is 0.161 e. The summed E-state index contributed by atoms with van der Waals surface area (Å²) in [4.78, 5) is 19.6. The van der Waals surface area contributed by atoms with Gasteiger partial charge in [0.1, 0.15) is 0 Å². The van der Waals surface area contributed by atoms with Crippen LogP contribution in [-0.4, -0.2) is 15.8 Å². The Hall–Kier alpha value is -2.11. The Morgan fingerprint density at radius 1 is 1.07 bits per heavy atom. The molecule has 0 spiro atoms. The summed E-state index contributed by atoms with van der Waals surface area (Å²) >= 11 is 5.42. The third kappa shape index (κ3) is 3.28. The molecule has 1 aromatic carbocycles. The van der Waals surface area contributed by atoms with Crippen molar-refractivity contribution < 1.29 is 4.79 Å². The Bertz CT molecular complexity index is 1270. The number of nitrogens with one attached hydrogen (secondary N) is 2. The Morgan fingerprint density at radius 2 is 1.73 bits per heavy atom. The van der Waals surface area contributed by atoms with Crippen molar-refractivity contribution in [1.82, 2.24) is 9.97 Å². The molecular formula is C25H27BrN2OS. The predicted molar refractivity (Wildman–Crippen MR) is 130 cm³/mol. The molecular weight excluding hydrogens is 456 g/mol. The first kappa shape index (κ1) is 21.1. The summed E-state index contributed by atoms with van der Waals surface area (Å²) in [5, 5.41) is 3.52. The minimum Gasteiger partial charge on any atom is -0.361 e. The molecule has 0 saturated heterocycles. The number of H-pyrrole nitrogens is 2. The molecule has 0 aliphatic carbocycles. The van der Waals surface area contributed by atoms with Gasteiger partial charge in [0.05, 0.1) is 5.92 Å². The number of carbonyl (C=O) groups is 1. The summed E-state index contributed by atoms with van der Waals surface area (Å²) in [6, 6.07) is 6.47. The molecule has 0 fully saturated rings. The Labute approximate surface area is 190 Å². The SMILES string of the molecule is CCc1c(C)[nH]c(C(c2[nH]c(C)c(C(C)=O)c2C)c2csc3ccc(Br)cc23)c1C. The lowest BCUT2D eigenvalue weighted by atomic mass is 9.87. The van der Waals surface area contributed by atoms with Gasteiger partial charge >= 0.3 is 0 Å². The highest BCUT2D eigenvalue weighted by atomic mass is 79.9. The molecule has 30 heavy (non-hydrogen) atoms. The maximum atomic E-state index is 12.3. The third-order valence-corrected chi connectivity index (χ3v) is 7.74. The van der Waals surface area contributed by atoms with Crippen LogP contribution in [0.3, 0.4) is 0 Å². The fraction of sp³-hybridized carbons (Fsp3) is 0.320. The highest BCUT2D eigenvalue weighted by Gasteiger charge is 2.29. The lowest BCUT2D eigenvalue weighted by Crippen LogP contribution is -2.08. The zero-order chi connectivity index (χ0) is 21.7. The van der Waals surface area contributed by atoms with Gasteiger partial charge in [0.15, 0.2) is 5.78 Å². The number of ketones is 1. The second-order valence-electron chi connectivity index (χ2n) is 8.11. The zero-order valence-electron chi connectivity index (χ0n) is 18.3. The minimum atomic E-state index is 0.0128. The number of hydrogen-bond acceptors (Lipinski definition) is 2. The van der Waals surface area contributed by atoms with Crippen LogP contribution in [0.5, 0.6) is 0 Å². The fourth-order valence-electron chi connectivity index (χ4n) is 4.92. The van der Waals surface area contributed by atoms with Crippen LogP contribution >= 0.6 is 27.3 Å². The standard InChI is InChI=1S/C25H27BrN2OS/c1-7-18-12(2)24(27-14(18)4)23(25-13(3)22(16(6)29)15(5)28-25)20-11-30-21-9-8-17(26)10-19(20)21/h8-11,23,27-28H,7H2,1-6H3. The van der Waals surface area contributed by atoms with Crippen LogP contribution in [0.25, 0.3) is 10.1 Å². The van der Waals surface area contributed by atoms with Crippen molar-refractivity contribution in [2.45, 2.75) is 53.9 Å². The van der Waals surface area contributed by atoms with Gasteiger partial charge in [-0.25, -0.2) is 0 Å². The van der Waals surface area contributed by atoms with Gasteiger partial charge in [-0.3, -0.25) is 4.79 Å². The van der Waals surface area contributed by atoms with E-state index < -0.39 is 0 Å². The van der Waals surface area contributed by atoms with Crippen LogP contribution in [0.15, 0.2) is 28.1 Å². The smallest absolute Gasteiger partial charge is 0.161 e. The molecule has 4 aromatic rings. The van der Waals surface area contributed by atoms with Crippen LogP contribution in [0.2, 0.25) is 0 Å². The number of Topliss-reactive ketones (excluding diaryl/α,β-unsaturated/α-hetero) is 1. The Balaban J connectivity index is 2.05. The molecule has 0 aliphatic rings. The highest BCUT2D eigenvalue weighted by Crippen LogP contribution is 2.43. The van der Waals surface area contributed by atoms with Crippen molar-refractivity contribution in [3.63, 3.8) is 0 Å². The third-order valence-electron chi connectivity index (χ3n) is 6.27. The van der Waals surface area contributed by atoms with Gasteiger partial charge in [-0.05, 0) is 92.3 Å². The second-order valence-corrected chi connectivity index (χ2v) is 9.93. The molecule has 0 saturated carbocycles. The van der Waals surface area contributed by atoms with Crippen molar-refractivity contribution in [3.05, 3.63) is 78.6 Å². The van der Waals surface area contributed by atoms with Crippen molar-refractivity contribution in [3.8, 4) is 0 Å². The van der Waals surface area contributed by atoms with E-state index in [0.29, 0.717) is 0 Å². The minimum absolute atomic E-state index is 0.0128. The van der Waals surface area contributed by atoms with Crippen LogP contribution < -0.4 is 0 Å². The number of benzene rings is 1. The first-order valence-electron chi connectivity index (χ1n) is 10.3. The summed E-state index contributed by atoms with van der Waals surface area (Å²) in [6.07, 6.45) is 0.998. The summed E-state index contributed by atoms with van der Waals surface area (Å²) in [6.45, 7) is 12.3. The van der Waals surface area contributed by atoms with E-state index in [-0.39, 0.29) is 11.7 Å². The average molecular weight is 483 g/mol. The van der Waals surface area contributed by atoms with Crippen molar-refractivity contribution in [2.75, 3.05) is 0 Å². The summed E-state index contributed by atoms with van der Waals surface area (Å²) in [5.74, 6) is 0.122. The van der Waals surface area contributed by atoms with Gasteiger partial charge in [-0.2, -0.15) is 0 Å². The molecule has 1 unspecified atom stereocenters.